The quantitative estimate of drug-likeness (QED) is 0.808. The zero-order valence-electron chi connectivity index (χ0n) is 13.8. The molecular weight excluding hydrogens is 360 g/mol. The van der Waals surface area contributed by atoms with Crippen LogP contribution in [0.15, 0.2) is 34.5 Å². The van der Waals surface area contributed by atoms with E-state index >= 15 is 0 Å². The highest BCUT2D eigenvalue weighted by atomic mass is 32.2. The van der Waals surface area contributed by atoms with E-state index in [1.807, 2.05) is 12.3 Å². The summed E-state index contributed by atoms with van der Waals surface area (Å²) >= 11 is 1.47. The number of aryl methyl sites for hydroxylation is 1. The lowest BCUT2D eigenvalue weighted by atomic mass is 10.2. The summed E-state index contributed by atoms with van der Waals surface area (Å²) in [5.74, 6) is -0.194. The Balaban J connectivity index is 1.74. The summed E-state index contributed by atoms with van der Waals surface area (Å²) in [6, 6.07) is 6.06. The molecule has 3 N–H and O–H groups in total. The number of benzene rings is 1. The van der Waals surface area contributed by atoms with Crippen molar-refractivity contribution in [2.45, 2.75) is 30.8 Å². The van der Waals surface area contributed by atoms with Gasteiger partial charge in [-0.05, 0) is 31.5 Å². The minimum atomic E-state index is -3.72. The van der Waals surface area contributed by atoms with Crippen molar-refractivity contribution >= 4 is 27.3 Å². The number of hydrogen-bond donors (Lipinski definition) is 2. The number of nitrogens with two attached hydrogens (primary N) is 1. The molecule has 1 aliphatic rings. The van der Waals surface area contributed by atoms with E-state index in [1.54, 1.807) is 17.0 Å². The van der Waals surface area contributed by atoms with Gasteiger partial charge in [-0.2, -0.15) is 0 Å². The van der Waals surface area contributed by atoms with E-state index in [0.717, 1.165) is 11.4 Å². The van der Waals surface area contributed by atoms with Gasteiger partial charge in [-0.15, -0.1) is 11.3 Å². The molecule has 25 heavy (non-hydrogen) atoms. The number of carbonyl (C=O) groups excluding carboxylic acids is 1. The molecule has 1 saturated heterocycles. The van der Waals surface area contributed by atoms with Gasteiger partial charge in [0, 0.05) is 30.1 Å². The number of sulfonamides is 1. The first-order valence-electron chi connectivity index (χ1n) is 7.91. The summed E-state index contributed by atoms with van der Waals surface area (Å²) in [5.41, 5.74) is 6.85. The number of nitrogens with one attached hydrogen (secondary N) is 1. The molecule has 1 aliphatic heterocycles. The smallest absolute Gasteiger partial charge is 0.253 e. The third-order valence-electron chi connectivity index (χ3n) is 4.01. The Morgan fingerprint density at radius 1 is 1.48 bits per heavy atom. The summed E-state index contributed by atoms with van der Waals surface area (Å²) in [6.07, 6.45) is 0.762. The SMILES string of the molecule is Cc1nc(CNS(=O)(=O)c2cccc(C(=O)N3CC[C@@H](N)C3)c2)cs1. The maximum atomic E-state index is 12.5. The summed E-state index contributed by atoms with van der Waals surface area (Å²) in [7, 11) is -3.72. The van der Waals surface area contributed by atoms with Crippen molar-refractivity contribution in [1.29, 1.82) is 0 Å². The van der Waals surface area contributed by atoms with Gasteiger partial charge in [-0.1, -0.05) is 6.07 Å². The highest BCUT2D eigenvalue weighted by molar-refractivity contribution is 7.89. The molecular formula is C16H20N4O3S2. The average molecular weight is 380 g/mol. The van der Waals surface area contributed by atoms with Gasteiger partial charge in [0.15, 0.2) is 0 Å². The van der Waals surface area contributed by atoms with Crippen LogP contribution in [0.25, 0.3) is 0 Å². The number of amides is 1. The molecule has 0 aliphatic carbocycles. The van der Waals surface area contributed by atoms with Crippen molar-refractivity contribution < 1.29 is 13.2 Å². The van der Waals surface area contributed by atoms with Crippen molar-refractivity contribution in [2.24, 2.45) is 5.73 Å². The van der Waals surface area contributed by atoms with Crippen molar-refractivity contribution in [3.05, 3.63) is 45.9 Å². The van der Waals surface area contributed by atoms with Gasteiger partial charge >= 0.3 is 0 Å². The topological polar surface area (TPSA) is 105 Å². The van der Waals surface area contributed by atoms with Crippen LogP contribution in [0.1, 0.15) is 27.5 Å². The predicted octanol–water partition coefficient (Wildman–Crippen LogP) is 1.10. The Morgan fingerprint density at radius 3 is 2.92 bits per heavy atom. The first kappa shape index (κ1) is 18.0. The van der Waals surface area contributed by atoms with Gasteiger partial charge in [0.1, 0.15) is 0 Å². The van der Waals surface area contributed by atoms with Crippen molar-refractivity contribution in [1.82, 2.24) is 14.6 Å². The molecule has 134 valence electrons. The Kier molecular flexibility index (Phi) is 5.19. The summed E-state index contributed by atoms with van der Waals surface area (Å²) in [5, 5.41) is 2.69. The molecule has 3 rings (SSSR count). The monoisotopic (exact) mass is 380 g/mol. The van der Waals surface area contributed by atoms with Gasteiger partial charge in [0.25, 0.3) is 5.91 Å². The summed E-state index contributed by atoms with van der Waals surface area (Å²) < 4.78 is 27.5. The predicted molar refractivity (Wildman–Crippen MR) is 95.8 cm³/mol. The Bertz CT molecular complexity index is 879. The first-order valence-corrected chi connectivity index (χ1v) is 10.3. The van der Waals surface area contributed by atoms with Crippen molar-refractivity contribution in [3.8, 4) is 0 Å². The van der Waals surface area contributed by atoms with Crippen LogP contribution in [0.5, 0.6) is 0 Å². The van der Waals surface area contributed by atoms with Gasteiger partial charge < -0.3 is 10.6 Å². The Hall–Kier alpha value is -1.81. The third-order valence-corrected chi connectivity index (χ3v) is 6.23. The van der Waals surface area contributed by atoms with Gasteiger partial charge in [0.2, 0.25) is 10.0 Å². The molecule has 0 unspecified atom stereocenters. The largest absolute Gasteiger partial charge is 0.337 e. The minimum Gasteiger partial charge on any atom is -0.337 e. The summed E-state index contributed by atoms with van der Waals surface area (Å²) in [6.45, 7) is 3.07. The van der Waals surface area contributed by atoms with E-state index in [0.29, 0.717) is 24.3 Å². The molecule has 2 heterocycles. The maximum absolute atomic E-state index is 12.5. The van der Waals surface area contributed by atoms with E-state index in [1.165, 1.54) is 23.5 Å². The number of hydrogen-bond acceptors (Lipinski definition) is 6. The van der Waals surface area contributed by atoms with E-state index in [2.05, 4.69) is 9.71 Å². The minimum absolute atomic E-state index is 0.0147. The van der Waals surface area contributed by atoms with Crippen molar-refractivity contribution in [3.63, 3.8) is 0 Å². The maximum Gasteiger partial charge on any atom is 0.253 e. The van der Waals surface area contributed by atoms with E-state index < -0.39 is 10.0 Å². The number of nitrogens with zero attached hydrogens (tertiary/aromatic N) is 2. The fourth-order valence-electron chi connectivity index (χ4n) is 2.69. The van der Waals surface area contributed by atoms with Crippen LogP contribution >= 0.6 is 11.3 Å². The normalized spacial score (nSPS) is 17.8. The van der Waals surface area contributed by atoms with Crippen LogP contribution in [0.3, 0.4) is 0 Å². The number of thiazole rings is 1. The van der Waals surface area contributed by atoms with E-state index in [4.69, 9.17) is 5.73 Å². The molecule has 7 nitrogen and oxygen atoms in total. The number of rotatable bonds is 5. The Morgan fingerprint density at radius 2 is 2.28 bits per heavy atom. The summed E-state index contributed by atoms with van der Waals surface area (Å²) in [4.78, 5) is 18.5. The lowest BCUT2D eigenvalue weighted by Crippen LogP contribution is -2.32. The average Bonchev–Trinajstić information content (AvgIpc) is 3.21. The van der Waals surface area contributed by atoms with Crippen LogP contribution in [-0.4, -0.2) is 43.3 Å². The molecule has 1 amide bonds. The molecule has 9 heteroatoms. The molecule has 0 spiro atoms. The molecule has 2 aromatic rings. The van der Waals surface area contributed by atoms with Crippen LogP contribution in [0.4, 0.5) is 0 Å². The number of carbonyl (C=O) groups is 1. The third kappa shape index (κ3) is 4.24. The van der Waals surface area contributed by atoms with Crippen LogP contribution < -0.4 is 10.5 Å². The first-order chi connectivity index (χ1) is 11.8. The van der Waals surface area contributed by atoms with E-state index in [-0.39, 0.29) is 23.4 Å². The molecule has 0 saturated carbocycles. The molecule has 1 aromatic carbocycles. The zero-order valence-corrected chi connectivity index (χ0v) is 15.4. The van der Waals surface area contributed by atoms with Gasteiger partial charge in [-0.3, -0.25) is 4.79 Å². The lowest BCUT2D eigenvalue weighted by molar-refractivity contribution is 0.0790. The van der Waals surface area contributed by atoms with Gasteiger partial charge in [0.05, 0.1) is 22.1 Å². The van der Waals surface area contributed by atoms with Gasteiger partial charge in [-0.25, -0.2) is 18.1 Å². The number of aromatic nitrogens is 1. The zero-order chi connectivity index (χ0) is 18.0. The standard InChI is InChI=1S/C16H20N4O3S2/c1-11-19-14(10-24-11)8-18-25(22,23)15-4-2-3-12(7-15)16(21)20-6-5-13(17)9-20/h2-4,7,10,13,18H,5-6,8-9,17H2,1H3/t13-/m1/s1. The molecule has 1 aromatic heterocycles. The second kappa shape index (κ2) is 7.20. The van der Waals surface area contributed by atoms with E-state index in [9.17, 15) is 13.2 Å². The van der Waals surface area contributed by atoms with Crippen molar-refractivity contribution in [2.75, 3.05) is 13.1 Å². The molecule has 0 radical (unpaired) electrons. The Labute approximate surface area is 150 Å². The molecule has 1 atom stereocenters. The molecule has 0 bridgehead atoms. The fourth-order valence-corrected chi connectivity index (χ4v) is 4.35. The highest BCUT2D eigenvalue weighted by Gasteiger charge is 2.25. The second-order valence-electron chi connectivity index (χ2n) is 6.01. The van der Waals surface area contributed by atoms with Crippen LogP contribution in [-0.2, 0) is 16.6 Å². The highest BCUT2D eigenvalue weighted by Crippen LogP contribution is 2.17. The lowest BCUT2D eigenvalue weighted by Gasteiger charge is -2.16. The molecule has 1 fully saturated rings. The number of likely N-dealkylation sites (tertiary alicyclic amines) is 1. The van der Waals surface area contributed by atoms with Crippen LogP contribution in [0.2, 0.25) is 0 Å². The fraction of sp³-hybridized carbons (Fsp3) is 0.375. The second-order valence-corrected chi connectivity index (χ2v) is 8.84. The van der Waals surface area contributed by atoms with Crippen LogP contribution in [0, 0.1) is 6.92 Å².